The molecule has 0 aliphatic carbocycles. The summed E-state index contributed by atoms with van der Waals surface area (Å²) in [5.41, 5.74) is 0. The van der Waals surface area contributed by atoms with Crippen LogP contribution in [0.4, 0.5) is 5.95 Å². The zero-order valence-corrected chi connectivity index (χ0v) is 11.7. The van der Waals surface area contributed by atoms with Gasteiger partial charge in [0.15, 0.2) is 0 Å². The van der Waals surface area contributed by atoms with Crippen LogP contribution in [0, 0.1) is 5.92 Å². The minimum atomic E-state index is -3.62. The fourth-order valence-electron chi connectivity index (χ4n) is 1.94. The van der Waals surface area contributed by atoms with Gasteiger partial charge in [-0.05, 0) is 0 Å². The largest absolute Gasteiger partial charge is 0.481 e. The van der Waals surface area contributed by atoms with Crippen LogP contribution in [0.1, 0.15) is 6.42 Å². The number of hydrogen-bond acceptors (Lipinski definition) is 6. The van der Waals surface area contributed by atoms with Gasteiger partial charge in [-0.25, -0.2) is 13.4 Å². The van der Waals surface area contributed by atoms with E-state index >= 15 is 0 Å². The molecule has 0 bridgehead atoms. The van der Waals surface area contributed by atoms with Gasteiger partial charge in [-0.15, -0.1) is 0 Å². The Balaban J connectivity index is 2.15. The van der Waals surface area contributed by atoms with E-state index in [1.165, 1.54) is 18.2 Å². The van der Waals surface area contributed by atoms with Crippen molar-refractivity contribution in [1.82, 2.24) is 9.97 Å². The lowest BCUT2D eigenvalue weighted by molar-refractivity contribution is -0.117. The fraction of sp³-hybridized carbons (Fsp3) is 0.500. The highest BCUT2D eigenvalue weighted by molar-refractivity contribution is 8.13. The summed E-state index contributed by atoms with van der Waals surface area (Å²) in [6.45, 7) is 0.234. The SMILES string of the molecule is COc1ccnc(N2CC(CS(=O)(=O)Cl)CC2=O)n1. The lowest BCUT2D eigenvalue weighted by atomic mass is 10.1. The van der Waals surface area contributed by atoms with E-state index in [1.807, 2.05) is 0 Å². The topological polar surface area (TPSA) is 89.5 Å². The first-order chi connectivity index (χ1) is 8.89. The van der Waals surface area contributed by atoms with E-state index in [-0.39, 0.29) is 36.5 Å². The van der Waals surface area contributed by atoms with Crippen molar-refractivity contribution in [3.8, 4) is 5.88 Å². The van der Waals surface area contributed by atoms with Crippen molar-refractivity contribution in [3.63, 3.8) is 0 Å². The number of anilines is 1. The van der Waals surface area contributed by atoms with Crippen LogP contribution in [-0.2, 0) is 13.8 Å². The van der Waals surface area contributed by atoms with Crippen molar-refractivity contribution >= 4 is 31.6 Å². The smallest absolute Gasteiger partial charge is 0.235 e. The van der Waals surface area contributed by atoms with Crippen molar-refractivity contribution in [3.05, 3.63) is 12.3 Å². The Bertz CT molecular complexity index is 592. The number of nitrogens with zero attached hydrogens (tertiary/aromatic N) is 3. The van der Waals surface area contributed by atoms with Gasteiger partial charge in [-0.1, -0.05) is 0 Å². The second-order valence-electron chi connectivity index (χ2n) is 4.18. The number of hydrogen-bond donors (Lipinski definition) is 0. The number of carbonyl (C=O) groups is 1. The van der Waals surface area contributed by atoms with Gasteiger partial charge in [0.2, 0.25) is 26.8 Å². The second-order valence-corrected chi connectivity index (χ2v) is 7.00. The van der Waals surface area contributed by atoms with Crippen LogP contribution in [0.25, 0.3) is 0 Å². The van der Waals surface area contributed by atoms with Crippen LogP contribution in [-0.4, -0.2) is 43.7 Å². The molecule has 0 spiro atoms. The molecule has 0 aromatic carbocycles. The molecule has 1 aromatic heterocycles. The average Bonchev–Trinajstić information content (AvgIpc) is 2.68. The third-order valence-electron chi connectivity index (χ3n) is 2.71. The molecule has 1 atom stereocenters. The van der Waals surface area contributed by atoms with Crippen molar-refractivity contribution in [1.29, 1.82) is 0 Å². The number of ether oxygens (including phenoxy) is 1. The maximum atomic E-state index is 11.8. The van der Waals surface area contributed by atoms with Crippen LogP contribution in [0.2, 0.25) is 0 Å². The highest BCUT2D eigenvalue weighted by atomic mass is 35.7. The monoisotopic (exact) mass is 305 g/mol. The summed E-state index contributed by atoms with van der Waals surface area (Å²) in [5.74, 6) is -0.255. The van der Waals surface area contributed by atoms with E-state index in [2.05, 4.69) is 9.97 Å². The molecule has 1 fully saturated rings. The number of amides is 1. The molecule has 1 aromatic rings. The fourth-order valence-corrected chi connectivity index (χ4v) is 3.27. The molecule has 1 saturated heterocycles. The molecular weight excluding hydrogens is 294 g/mol. The van der Waals surface area contributed by atoms with Crippen molar-refractivity contribution < 1.29 is 17.9 Å². The van der Waals surface area contributed by atoms with Crippen molar-refractivity contribution in [2.75, 3.05) is 24.3 Å². The Morgan fingerprint density at radius 3 is 2.95 bits per heavy atom. The van der Waals surface area contributed by atoms with Gasteiger partial charge in [-0.3, -0.25) is 9.69 Å². The Labute approximate surface area is 115 Å². The second kappa shape index (κ2) is 5.30. The molecule has 2 rings (SSSR count). The van der Waals surface area contributed by atoms with Crippen LogP contribution >= 0.6 is 10.7 Å². The van der Waals surface area contributed by atoms with Crippen LogP contribution in [0.5, 0.6) is 5.88 Å². The van der Waals surface area contributed by atoms with E-state index in [1.54, 1.807) is 6.07 Å². The molecule has 9 heteroatoms. The van der Waals surface area contributed by atoms with Gasteiger partial charge in [-0.2, -0.15) is 4.98 Å². The van der Waals surface area contributed by atoms with Gasteiger partial charge < -0.3 is 4.74 Å². The summed E-state index contributed by atoms with van der Waals surface area (Å²) < 4.78 is 27.0. The summed E-state index contributed by atoms with van der Waals surface area (Å²) in [4.78, 5) is 21.2. The average molecular weight is 306 g/mol. The number of rotatable bonds is 4. The minimum absolute atomic E-state index is 0.118. The Kier molecular flexibility index (Phi) is 3.91. The molecule has 2 heterocycles. The van der Waals surface area contributed by atoms with Crippen molar-refractivity contribution in [2.45, 2.75) is 6.42 Å². The maximum Gasteiger partial charge on any atom is 0.235 e. The van der Waals surface area contributed by atoms with E-state index in [0.717, 1.165) is 0 Å². The minimum Gasteiger partial charge on any atom is -0.481 e. The molecule has 0 radical (unpaired) electrons. The summed E-state index contributed by atoms with van der Waals surface area (Å²) >= 11 is 0. The zero-order chi connectivity index (χ0) is 14.0. The van der Waals surface area contributed by atoms with E-state index < -0.39 is 9.05 Å². The first-order valence-corrected chi connectivity index (χ1v) is 7.96. The Morgan fingerprint density at radius 1 is 1.58 bits per heavy atom. The number of aromatic nitrogens is 2. The summed E-state index contributed by atoms with van der Waals surface area (Å²) in [6.07, 6.45) is 1.59. The highest BCUT2D eigenvalue weighted by Crippen LogP contribution is 2.25. The number of methoxy groups -OCH3 is 1. The number of carbonyl (C=O) groups excluding carboxylic acids is 1. The first-order valence-electron chi connectivity index (χ1n) is 5.49. The van der Waals surface area contributed by atoms with Crippen molar-refractivity contribution in [2.24, 2.45) is 5.92 Å². The first kappa shape index (κ1) is 14.0. The maximum absolute atomic E-state index is 11.8. The van der Waals surface area contributed by atoms with Gasteiger partial charge >= 0.3 is 0 Å². The quantitative estimate of drug-likeness (QED) is 0.748. The Hall–Kier alpha value is -1.41. The van der Waals surface area contributed by atoms with E-state index in [4.69, 9.17) is 15.4 Å². The molecule has 19 heavy (non-hydrogen) atoms. The summed E-state index contributed by atoms with van der Waals surface area (Å²) in [5, 5.41) is 0. The van der Waals surface area contributed by atoms with Gasteiger partial charge in [0.25, 0.3) is 0 Å². The Morgan fingerprint density at radius 2 is 2.32 bits per heavy atom. The predicted molar refractivity (Wildman–Crippen MR) is 68.7 cm³/mol. The number of halogens is 1. The molecule has 1 aliphatic heterocycles. The molecule has 104 valence electrons. The lowest BCUT2D eigenvalue weighted by Gasteiger charge is -2.14. The summed E-state index contributed by atoms with van der Waals surface area (Å²) in [6, 6.07) is 1.56. The van der Waals surface area contributed by atoms with E-state index in [0.29, 0.717) is 5.88 Å². The van der Waals surface area contributed by atoms with Gasteiger partial charge in [0, 0.05) is 41.8 Å². The third kappa shape index (κ3) is 3.54. The predicted octanol–water partition coefficient (Wildman–Crippen LogP) is 0.407. The standard InChI is InChI=1S/C10H12ClN3O4S/c1-18-8-2-3-12-10(13-8)14-5-7(4-9(14)15)6-19(11,16)17/h2-3,7H,4-6H2,1H3. The van der Waals surface area contributed by atoms with Gasteiger partial charge in [0.05, 0.1) is 12.9 Å². The lowest BCUT2D eigenvalue weighted by Crippen LogP contribution is -2.27. The highest BCUT2D eigenvalue weighted by Gasteiger charge is 2.34. The molecule has 1 aliphatic rings. The summed E-state index contributed by atoms with van der Waals surface area (Å²) in [7, 11) is 3.03. The van der Waals surface area contributed by atoms with Gasteiger partial charge in [0.1, 0.15) is 0 Å². The molecular formula is C10H12ClN3O4S. The third-order valence-corrected chi connectivity index (χ3v) is 3.96. The molecule has 0 N–H and O–H groups in total. The van der Waals surface area contributed by atoms with Crippen LogP contribution < -0.4 is 9.64 Å². The molecule has 1 unspecified atom stereocenters. The molecule has 7 nitrogen and oxygen atoms in total. The van der Waals surface area contributed by atoms with Crippen LogP contribution in [0.3, 0.4) is 0 Å². The van der Waals surface area contributed by atoms with Crippen LogP contribution in [0.15, 0.2) is 12.3 Å². The molecule has 0 saturated carbocycles. The zero-order valence-electron chi connectivity index (χ0n) is 10.1. The molecule has 1 amide bonds. The van der Waals surface area contributed by atoms with E-state index in [9.17, 15) is 13.2 Å². The normalized spacial score (nSPS) is 19.8.